The Morgan fingerprint density at radius 1 is 1.77 bits per heavy atom. The van der Waals surface area contributed by atoms with Gasteiger partial charge in [0.2, 0.25) is 0 Å². The number of morpholine rings is 1. The van der Waals surface area contributed by atoms with Crippen molar-refractivity contribution >= 4 is 5.97 Å². The highest BCUT2D eigenvalue weighted by Gasteiger charge is 2.28. The van der Waals surface area contributed by atoms with Crippen LogP contribution in [0, 0.1) is 11.3 Å². The summed E-state index contributed by atoms with van der Waals surface area (Å²) in [5, 5.41) is 17.2. The lowest BCUT2D eigenvalue weighted by Gasteiger charge is -2.31. The van der Waals surface area contributed by atoms with Gasteiger partial charge in [-0.1, -0.05) is 0 Å². The summed E-state index contributed by atoms with van der Waals surface area (Å²) in [5.41, 5.74) is 0. The van der Waals surface area contributed by atoms with Gasteiger partial charge in [-0.15, -0.1) is 0 Å². The van der Waals surface area contributed by atoms with Gasteiger partial charge in [-0.3, -0.25) is 9.69 Å². The normalized spacial score (nSPS) is 23.8. The molecule has 1 atom stereocenters. The molecule has 5 nitrogen and oxygen atoms in total. The number of carboxylic acid groups (broad SMARTS) is 1. The van der Waals surface area contributed by atoms with Gasteiger partial charge in [0.15, 0.2) is 0 Å². The fourth-order valence-corrected chi connectivity index (χ4v) is 1.33. The summed E-state index contributed by atoms with van der Waals surface area (Å²) in [6, 6.07) is 1.42. The summed E-state index contributed by atoms with van der Waals surface area (Å²) in [7, 11) is 0. The Bertz CT molecular complexity index is 224. The zero-order valence-corrected chi connectivity index (χ0v) is 7.27. The molecule has 1 rings (SSSR count). The molecule has 5 heteroatoms. The number of ether oxygens (including phenoxy) is 1. The smallest absolute Gasteiger partial charge is 0.323 e. The van der Waals surface area contributed by atoms with Crippen LogP contribution in [0.25, 0.3) is 0 Å². The standard InChI is InChI=1S/C8H12N2O3/c9-2-1-3-10-4-5-13-6-7(10)8(11)12/h7H,1,3-6H2,(H,11,12). The van der Waals surface area contributed by atoms with Crippen molar-refractivity contribution in [2.45, 2.75) is 12.5 Å². The number of nitriles is 1. The van der Waals surface area contributed by atoms with Crippen molar-refractivity contribution in [3.8, 4) is 6.07 Å². The summed E-state index contributed by atoms with van der Waals surface area (Å²) in [5.74, 6) is -0.877. The number of carbonyl (C=O) groups is 1. The molecule has 72 valence electrons. The van der Waals surface area contributed by atoms with Crippen molar-refractivity contribution < 1.29 is 14.6 Å². The van der Waals surface area contributed by atoms with Gasteiger partial charge in [-0.2, -0.15) is 5.26 Å². The number of carboxylic acids is 1. The first-order valence-corrected chi connectivity index (χ1v) is 4.17. The van der Waals surface area contributed by atoms with E-state index in [4.69, 9.17) is 15.1 Å². The van der Waals surface area contributed by atoms with E-state index in [0.29, 0.717) is 26.1 Å². The van der Waals surface area contributed by atoms with Gasteiger partial charge in [0, 0.05) is 19.5 Å². The number of hydrogen-bond donors (Lipinski definition) is 1. The molecule has 0 saturated carbocycles. The molecule has 0 aromatic carbocycles. The highest BCUT2D eigenvalue weighted by atomic mass is 16.5. The Labute approximate surface area is 76.5 Å². The molecule has 1 unspecified atom stereocenters. The first-order chi connectivity index (χ1) is 6.25. The summed E-state index contributed by atoms with van der Waals surface area (Å²) in [6.45, 7) is 1.88. The molecule has 1 aliphatic rings. The Morgan fingerprint density at radius 3 is 3.15 bits per heavy atom. The minimum Gasteiger partial charge on any atom is -0.480 e. The second kappa shape index (κ2) is 4.80. The molecule has 13 heavy (non-hydrogen) atoms. The number of rotatable bonds is 3. The maximum Gasteiger partial charge on any atom is 0.323 e. The van der Waals surface area contributed by atoms with Crippen LogP contribution >= 0.6 is 0 Å². The number of hydrogen-bond acceptors (Lipinski definition) is 4. The van der Waals surface area contributed by atoms with Gasteiger partial charge < -0.3 is 9.84 Å². The maximum atomic E-state index is 10.7. The molecular weight excluding hydrogens is 172 g/mol. The Balaban J connectivity index is 2.47. The van der Waals surface area contributed by atoms with Crippen LogP contribution in [-0.4, -0.2) is 48.3 Å². The first-order valence-electron chi connectivity index (χ1n) is 4.17. The largest absolute Gasteiger partial charge is 0.480 e. The zero-order valence-electron chi connectivity index (χ0n) is 7.27. The average molecular weight is 184 g/mol. The average Bonchev–Trinajstić information content (AvgIpc) is 2.15. The van der Waals surface area contributed by atoms with E-state index in [9.17, 15) is 4.79 Å². The fraction of sp³-hybridized carbons (Fsp3) is 0.750. The van der Waals surface area contributed by atoms with Gasteiger partial charge in [-0.25, -0.2) is 0 Å². The van der Waals surface area contributed by atoms with Gasteiger partial charge in [0.1, 0.15) is 6.04 Å². The van der Waals surface area contributed by atoms with E-state index in [-0.39, 0.29) is 6.61 Å². The van der Waals surface area contributed by atoms with E-state index in [1.54, 1.807) is 4.90 Å². The van der Waals surface area contributed by atoms with E-state index in [1.807, 2.05) is 6.07 Å². The summed E-state index contributed by atoms with van der Waals surface area (Å²) >= 11 is 0. The van der Waals surface area contributed by atoms with Crippen molar-refractivity contribution in [2.75, 3.05) is 26.3 Å². The minimum atomic E-state index is -0.877. The lowest BCUT2D eigenvalue weighted by atomic mass is 10.2. The Hall–Kier alpha value is -1.12. The third kappa shape index (κ3) is 2.68. The van der Waals surface area contributed by atoms with Crippen LogP contribution < -0.4 is 0 Å². The van der Waals surface area contributed by atoms with Crippen molar-refractivity contribution in [1.82, 2.24) is 4.90 Å². The zero-order chi connectivity index (χ0) is 9.68. The predicted octanol–water partition coefficient (Wildman–Crippen LogP) is -0.315. The lowest BCUT2D eigenvalue weighted by molar-refractivity contribution is -0.149. The molecule has 1 aliphatic heterocycles. The second-order valence-corrected chi connectivity index (χ2v) is 2.87. The Kier molecular flexibility index (Phi) is 3.68. The molecular formula is C8H12N2O3. The summed E-state index contributed by atoms with van der Waals surface area (Å²) in [4.78, 5) is 12.5. The van der Waals surface area contributed by atoms with E-state index in [2.05, 4.69) is 0 Å². The van der Waals surface area contributed by atoms with Crippen LogP contribution in [-0.2, 0) is 9.53 Å². The first kappa shape index (κ1) is 9.96. The molecule has 0 aromatic rings. The predicted molar refractivity (Wildman–Crippen MR) is 44.0 cm³/mol. The highest BCUT2D eigenvalue weighted by Crippen LogP contribution is 2.07. The SMILES string of the molecule is N#CCCN1CCOCC1C(=O)O. The molecule has 0 amide bonds. The Morgan fingerprint density at radius 2 is 2.54 bits per heavy atom. The lowest BCUT2D eigenvalue weighted by Crippen LogP contribution is -2.50. The molecule has 1 N–H and O–H groups in total. The summed E-state index contributed by atoms with van der Waals surface area (Å²) in [6.07, 6.45) is 0.365. The van der Waals surface area contributed by atoms with Crippen LogP contribution in [0.2, 0.25) is 0 Å². The van der Waals surface area contributed by atoms with Gasteiger partial charge >= 0.3 is 5.97 Å². The topological polar surface area (TPSA) is 73.6 Å². The van der Waals surface area contributed by atoms with E-state index in [1.165, 1.54) is 0 Å². The third-order valence-electron chi connectivity index (χ3n) is 2.04. The molecule has 1 saturated heterocycles. The third-order valence-corrected chi connectivity index (χ3v) is 2.04. The van der Waals surface area contributed by atoms with Crippen molar-refractivity contribution in [3.05, 3.63) is 0 Å². The maximum absolute atomic E-state index is 10.7. The van der Waals surface area contributed by atoms with Gasteiger partial charge in [-0.05, 0) is 0 Å². The highest BCUT2D eigenvalue weighted by molar-refractivity contribution is 5.73. The van der Waals surface area contributed by atoms with Crippen molar-refractivity contribution in [1.29, 1.82) is 5.26 Å². The second-order valence-electron chi connectivity index (χ2n) is 2.87. The summed E-state index contributed by atoms with van der Waals surface area (Å²) < 4.78 is 5.05. The molecule has 0 radical (unpaired) electrons. The number of nitrogens with zero attached hydrogens (tertiary/aromatic N) is 2. The van der Waals surface area contributed by atoms with E-state index < -0.39 is 12.0 Å². The van der Waals surface area contributed by atoms with Gasteiger partial charge in [0.25, 0.3) is 0 Å². The van der Waals surface area contributed by atoms with Crippen LogP contribution in [0.1, 0.15) is 6.42 Å². The monoisotopic (exact) mass is 184 g/mol. The van der Waals surface area contributed by atoms with Crippen LogP contribution in [0.4, 0.5) is 0 Å². The van der Waals surface area contributed by atoms with Crippen molar-refractivity contribution in [2.24, 2.45) is 0 Å². The fourth-order valence-electron chi connectivity index (χ4n) is 1.33. The van der Waals surface area contributed by atoms with E-state index in [0.717, 1.165) is 0 Å². The quantitative estimate of drug-likeness (QED) is 0.651. The molecule has 0 spiro atoms. The molecule has 1 heterocycles. The van der Waals surface area contributed by atoms with E-state index >= 15 is 0 Å². The molecule has 0 aromatic heterocycles. The minimum absolute atomic E-state index is 0.223. The molecule has 0 bridgehead atoms. The van der Waals surface area contributed by atoms with Crippen LogP contribution in [0.5, 0.6) is 0 Å². The van der Waals surface area contributed by atoms with Gasteiger partial charge in [0.05, 0.1) is 19.3 Å². The molecule has 0 aliphatic carbocycles. The number of aliphatic carboxylic acids is 1. The van der Waals surface area contributed by atoms with Crippen LogP contribution in [0.3, 0.4) is 0 Å². The van der Waals surface area contributed by atoms with Crippen LogP contribution in [0.15, 0.2) is 0 Å². The molecule has 1 fully saturated rings. The van der Waals surface area contributed by atoms with Crippen molar-refractivity contribution in [3.63, 3.8) is 0 Å².